The molecule has 1 aliphatic rings. The van der Waals surface area contributed by atoms with Crippen molar-refractivity contribution in [3.05, 3.63) is 41.6 Å². The van der Waals surface area contributed by atoms with Crippen LogP contribution in [0.3, 0.4) is 0 Å². The van der Waals surface area contributed by atoms with Gasteiger partial charge in [0.15, 0.2) is 0 Å². The molecule has 1 atom stereocenters. The normalized spacial score (nSPS) is 18.8. The molecule has 2 aromatic rings. The first-order chi connectivity index (χ1) is 11.0. The summed E-state index contributed by atoms with van der Waals surface area (Å²) in [7, 11) is 2.10. The minimum absolute atomic E-state index is 0.162. The van der Waals surface area contributed by atoms with Crippen LogP contribution in [0.2, 0.25) is 0 Å². The van der Waals surface area contributed by atoms with Gasteiger partial charge in [-0.1, -0.05) is 6.42 Å². The molecule has 0 spiro atoms. The number of rotatable bonds is 3. The Morgan fingerprint density at radius 3 is 2.83 bits per heavy atom. The zero-order valence-electron chi connectivity index (χ0n) is 13.4. The Kier molecular flexibility index (Phi) is 4.34. The van der Waals surface area contributed by atoms with Crippen LogP contribution in [0.1, 0.15) is 47.2 Å². The number of carboxylic acids is 1. The number of aromatic carboxylic acids is 1. The molecule has 3 rings (SSSR count). The largest absolute Gasteiger partial charge is 0.478 e. The molecule has 2 aromatic heterocycles. The first kappa shape index (κ1) is 15.6. The molecule has 6 nitrogen and oxygen atoms in total. The molecule has 0 unspecified atom stereocenters. The molecule has 3 heterocycles. The maximum Gasteiger partial charge on any atom is 0.337 e. The van der Waals surface area contributed by atoms with Gasteiger partial charge < -0.3 is 5.11 Å². The van der Waals surface area contributed by atoms with Crippen LogP contribution in [0.4, 0.5) is 0 Å². The molecular weight excluding hydrogens is 292 g/mol. The van der Waals surface area contributed by atoms with E-state index >= 15 is 0 Å². The summed E-state index contributed by atoms with van der Waals surface area (Å²) in [5.41, 5.74) is 2.47. The number of hydrogen-bond donors (Lipinski definition) is 1. The molecular formula is C17H20N4O2. The SMILES string of the molecule is Cc1cc(-c2cncc(C(=O)O)c2)nc([C@H]2CCCCN2C)n1. The van der Waals surface area contributed by atoms with E-state index in [-0.39, 0.29) is 11.6 Å². The zero-order chi connectivity index (χ0) is 16.4. The Morgan fingerprint density at radius 1 is 1.26 bits per heavy atom. The lowest BCUT2D eigenvalue weighted by atomic mass is 10.0. The highest BCUT2D eigenvalue weighted by atomic mass is 16.4. The van der Waals surface area contributed by atoms with Crippen LogP contribution in [0.15, 0.2) is 24.5 Å². The van der Waals surface area contributed by atoms with E-state index in [2.05, 4.69) is 21.9 Å². The zero-order valence-corrected chi connectivity index (χ0v) is 13.4. The van der Waals surface area contributed by atoms with Crippen LogP contribution in [0.25, 0.3) is 11.3 Å². The molecule has 1 N–H and O–H groups in total. The van der Waals surface area contributed by atoms with Gasteiger partial charge in [-0.15, -0.1) is 0 Å². The lowest BCUT2D eigenvalue weighted by Crippen LogP contribution is -2.31. The standard InChI is InChI=1S/C17H20N4O2/c1-11-7-14(12-8-13(17(22)23)10-18-9-12)20-16(19-11)15-5-3-4-6-21(15)2/h7-10,15H,3-6H2,1-2H3,(H,22,23)/t15-/m1/s1. The van der Waals surface area contributed by atoms with E-state index in [1.165, 1.54) is 19.0 Å². The molecule has 1 aliphatic heterocycles. The quantitative estimate of drug-likeness (QED) is 0.938. The van der Waals surface area contributed by atoms with Crippen molar-refractivity contribution >= 4 is 5.97 Å². The Balaban J connectivity index is 2.00. The number of piperidine rings is 1. The number of carbonyl (C=O) groups is 1. The Morgan fingerprint density at radius 2 is 2.09 bits per heavy atom. The summed E-state index contributed by atoms with van der Waals surface area (Å²) in [6, 6.07) is 3.69. The summed E-state index contributed by atoms with van der Waals surface area (Å²) in [4.78, 5) is 26.7. The van der Waals surface area contributed by atoms with Gasteiger partial charge in [0.25, 0.3) is 0 Å². The third-order valence-corrected chi connectivity index (χ3v) is 4.22. The molecule has 23 heavy (non-hydrogen) atoms. The lowest BCUT2D eigenvalue weighted by molar-refractivity contribution is 0.0696. The van der Waals surface area contributed by atoms with Crippen LogP contribution in [-0.4, -0.2) is 44.5 Å². The van der Waals surface area contributed by atoms with Crippen LogP contribution in [-0.2, 0) is 0 Å². The fourth-order valence-electron chi connectivity index (χ4n) is 2.99. The summed E-state index contributed by atoms with van der Waals surface area (Å²) < 4.78 is 0. The molecule has 120 valence electrons. The van der Waals surface area contributed by atoms with Crippen molar-refractivity contribution in [2.24, 2.45) is 0 Å². The van der Waals surface area contributed by atoms with Crippen molar-refractivity contribution in [2.45, 2.75) is 32.2 Å². The van der Waals surface area contributed by atoms with E-state index in [4.69, 9.17) is 10.1 Å². The topological polar surface area (TPSA) is 79.2 Å². The summed E-state index contributed by atoms with van der Waals surface area (Å²) >= 11 is 0. The van der Waals surface area contributed by atoms with Crippen molar-refractivity contribution in [2.75, 3.05) is 13.6 Å². The van der Waals surface area contributed by atoms with Crippen molar-refractivity contribution in [3.8, 4) is 11.3 Å². The minimum atomic E-state index is -0.989. The molecule has 0 aromatic carbocycles. The highest BCUT2D eigenvalue weighted by Gasteiger charge is 2.24. The Bertz CT molecular complexity index is 732. The van der Waals surface area contributed by atoms with Gasteiger partial charge >= 0.3 is 5.97 Å². The smallest absolute Gasteiger partial charge is 0.337 e. The number of pyridine rings is 1. The van der Waals surface area contributed by atoms with Crippen LogP contribution < -0.4 is 0 Å². The second-order valence-corrected chi connectivity index (χ2v) is 6.01. The molecule has 0 saturated carbocycles. The van der Waals surface area contributed by atoms with E-state index in [0.717, 1.165) is 30.2 Å². The second kappa shape index (κ2) is 6.42. The molecule has 1 saturated heterocycles. The van der Waals surface area contributed by atoms with Gasteiger partial charge in [0.1, 0.15) is 5.82 Å². The summed E-state index contributed by atoms with van der Waals surface area (Å²) in [5, 5.41) is 9.12. The maximum absolute atomic E-state index is 11.1. The van der Waals surface area contributed by atoms with Crippen LogP contribution >= 0.6 is 0 Å². The predicted molar refractivity (Wildman–Crippen MR) is 86.2 cm³/mol. The number of nitrogens with zero attached hydrogens (tertiary/aromatic N) is 4. The van der Waals surface area contributed by atoms with E-state index in [0.29, 0.717) is 5.56 Å². The van der Waals surface area contributed by atoms with Crippen LogP contribution in [0.5, 0.6) is 0 Å². The molecule has 0 radical (unpaired) electrons. The number of hydrogen-bond acceptors (Lipinski definition) is 5. The number of likely N-dealkylation sites (tertiary alicyclic amines) is 1. The first-order valence-corrected chi connectivity index (χ1v) is 7.79. The van der Waals surface area contributed by atoms with Gasteiger partial charge in [-0.2, -0.15) is 0 Å². The van der Waals surface area contributed by atoms with E-state index in [1.807, 2.05) is 13.0 Å². The molecule has 0 bridgehead atoms. The fourth-order valence-corrected chi connectivity index (χ4v) is 2.99. The summed E-state index contributed by atoms with van der Waals surface area (Å²) in [6.45, 7) is 2.99. The number of aryl methyl sites for hydroxylation is 1. The third-order valence-electron chi connectivity index (χ3n) is 4.22. The number of aromatic nitrogens is 3. The van der Waals surface area contributed by atoms with Crippen molar-refractivity contribution < 1.29 is 9.90 Å². The van der Waals surface area contributed by atoms with Gasteiger partial charge in [-0.3, -0.25) is 9.88 Å². The maximum atomic E-state index is 11.1. The monoisotopic (exact) mass is 312 g/mol. The van der Waals surface area contributed by atoms with Crippen molar-refractivity contribution in [1.82, 2.24) is 19.9 Å². The van der Waals surface area contributed by atoms with Gasteiger partial charge in [0, 0.05) is 23.7 Å². The van der Waals surface area contributed by atoms with Crippen molar-refractivity contribution in [1.29, 1.82) is 0 Å². The Labute approximate surface area is 135 Å². The minimum Gasteiger partial charge on any atom is -0.478 e. The van der Waals surface area contributed by atoms with Gasteiger partial charge in [-0.05, 0) is 45.5 Å². The predicted octanol–water partition coefficient (Wildman–Crippen LogP) is 2.70. The molecule has 0 aliphatic carbocycles. The third kappa shape index (κ3) is 3.37. The van der Waals surface area contributed by atoms with Crippen molar-refractivity contribution in [3.63, 3.8) is 0 Å². The Hall–Kier alpha value is -2.34. The molecule has 1 fully saturated rings. The van der Waals surface area contributed by atoms with E-state index < -0.39 is 5.97 Å². The van der Waals surface area contributed by atoms with Gasteiger partial charge in [0.05, 0.1) is 17.3 Å². The second-order valence-electron chi connectivity index (χ2n) is 6.01. The van der Waals surface area contributed by atoms with Gasteiger partial charge in [0.2, 0.25) is 0 Å². The summed E-state index contributed by atoms with van der Waals surface area (Å²) in [6.07, 6.45) is 6.42. The highest BCUT2D eigenvalue weighted by molar-refractivity contribution is 5.88. The van der Waals surface area contributed by atoms with E-state index in [9.17, 15) is 4.79 Å². The number of carboxylic acid groups (broad SMARTS) is 1. The lowest BCUT2D eigenvalue weighted by Gasteiger charge is -2.31. The van der Waals surface area contributed by atoms with Crippen LogP contribution in [0, 0.1) is 6.92 Å². The fraction of sp³-hybridized carbons (Fsp3) is 0.412. The first-order valence-electron chi connectivity index (χ1n) is 7.79. The average molecular weight is 312 g/mol. The molecule has 6 heteroatoms. The summed E-state index contributed by atoms with van der Waals surface area (Å²) in [5.74, 6) is -0.180. The highest BCUT2D eigenvalue weighted by Crippen LogP contribution is 2.29. The van der Waals surface area contributed by atoms with Gasteiger partial charge in [-0.25, -0.2) is 14.8 Å². The average Bonchev–Trinajstić information content (AvgIpc) is 2.55. The van der Waals surface area contributed by atoms with E-state index in [1.54, 1.807) is 12.3 Å². The molecule has 0 amide bonds.